The van der Waals surface area contributed by atoms with Crippen molar-refractivity contribution in [2.45, 2.75) is 24.3 Å². The second-order valence-corrected chi connectivity index (χ2v) is 10.0. The summed E-state index contributed by atoms with van der Waals surface area (Å²) in [7, 11) is -3.66. The quantitative estimate of drug-likeness (QED) is 0.601. The first kappa shape index (κ1) is 23.2. The summed E-state index contributed by atoms with van der Waals surface area (Å²) in [6.07, 6.45) is 2.64. The zero-order valence-electron chi connectivity index (χ0n) is 18.5. The van der Waals surface area contributed by atoms with Crippen LogP contribution < -0.4 is 5.32 Å². The molecule has 0 unspecified atom stereocenters. The topological polar surface area (TPSA) is 98.4 Å². The van der Waals surface area contributed by atoms with Crippen molar-refractivity contribution < 1.29 is 13.2 Å². The number of nitrogens with zero attached hydrogens (tertiary/aromatic N) is 3. The van der Waals surface area contributed by atoms with Gasteiger partial charge in [-0.25, -0.2) is 8.42 Å². The summed E-state index contributed by atoms with van der Waals surface area (Å²) in [5.74, 6) is -0.140. The molecule has 2 heterocycles. The number of hydrogen-bond donors (Lipinski definition) is 2. The Morgan fingerprint density at radius 2 is 1.64 bits per heavy atom. The third-order valence-electron chi connectivity index (χ3n) is 5.78. The lowest BCUT2D eigenvalue weighted by Gasteiger charge is -2.24. The molecule has 2 N–H and O–H groups in total. The number of sulfonamides is 1. The molecule has 1 aromatic heterocycles. The molecule has 1 amide bonds. The number of amides is 1. The third-order valence-corrected chi connectivity index (χ3v) is 7.69. The lowest BCUT2D eigenvalue weighted by atomic mass is 10.1. The van der Waals surface area contributed by atoms with E-state index in [4.69, 9.17) is 0 Å². The van der Waals surface area contributed by atoms with E-state index in [2.05, 4.69) is 20.4 Å². The number of aromatic amines is 1. The van der Waals surface area contributed by atoms with Crippen molar-refractivity contribution in [3.63, 3.8) is 0 Å². The van der Waals surface area contributed by atoms with Crippen molar-refractivity contribution in [3.05, 3.63) is 72.4 Å². The van der Waals surface area contributed by atoms with Crippen molar-refractivity contribution in [2.75, 3.05) is 32.7 Å². The standard InChI is InChI=1S/C24H29N5O3S/c30-23-12-16-29(33(31,32)22-10-5-2-6-11-22)15-7-14-28(17-13-25-23)19-21-18-26-27-24(21)20-8-3-1-4-9-20/h1-6,8-11,18H,7,12-17,19H2,(H,25,30)(H,26,27). The highest BCUT2D eigenvalue weighted by atomic mass is 32.2. The molecule has 0 saturated carbocycles. The molecular formula is C24H29N5O3S. The summed E-state index contributed by atoms with van der Waals surface area (Å²) in [5, 5.41) is 10.2. The first-order valence-electron chi connectivity index (χ1n) is 11.2. The highest BCUT2D eigenvalue weighted by Gasteiger charge is 2.25. The van der Waals surface area contributed by atoms with E-state index in [1.165, 1.54) is 4.31 Å². The number of carbonyl (C=O) groups is 1. The van der Waals surface area contributed by atoms with Gasteiger partial charge in [-0.15, -0.1) is 0 Å². The van der Waals surface area contributed by atoms with Crippen LogP contribution in [0.25, 0.3) is 11.3 Å². The monoisotopic (exact) mass is 467 g/mol. The van der Waals surface area contributed by atoms with Crippen LogP contribution in [0.15, 0.2) is 71.8 Å². The molecule has 8 nitrogen and oxygen atoms in total. The Balaban J connectivity index is 1.49. The summed E-state index contributed by atoms with van der Waals surface area (Å²) in [6.45, 7) is 3.08. The van der Waals surface area contributed by atoms with E-state index in [0.717, 1.165) is 16.8 Å². The lowest BCUT2D eigenvalue weighted by molar-refractivity contribution is -0.121. The van der Waals surface area contributed by atoms with Gasteiger partial charge in [0.05, 0.1) is 16.8 Å². The van der Waals surface area contributed by atoms with Gasteiger partial charge in [-0.3, -0.25) is 14.8 Å². The average molecular weight is 468 g/mol. The Bertz CT molecular complexity index is 1150. The summed E-state index contributed by atoms with van der Waals surface area (Å²) >= 11 is 0. The van der Waals surface area contributed by atoms with Crippen LogP contribution in [-0.4, -0.2) is 66.5 Å². The van der Waals surface area contributed by atoms with E-state index in [9.17, 15) is 13.2 Å². The first-order valence-corrected chi connectivity index (χ1v) is 12.6. The molecule has 0 spiro atoms. The second-order valence-electron chi connectivity index (χ2n) is 8.08. The molecule has 33 heavy (non-hydrogen) atoms. The maximum absolute atomic E-state index is 13.2. The van der Waals surface area contributed by atoms with Gasteiger partial charge in [0.15, 0.2) is 0 Å². The number of aromatic nitrogens is 2. The molecule has 1 saturated heterocycles. The SMILES string of the molecule is O=C1CCN(S(=O)(=O)c2ccccc2)CCCN(Cc2cn[nH]c2-c2ccccc2)CCN1. The average Bonchev–Trinajstić information content (AvgIpc) is 3.28. The number of rotatable bonds is 5. The van der Waals surface area contributed by atoms with Gasteiger partial charge in [-0.2, -0.15) is 9.40 Å². The largest absolute Gasteiger partial charge is 0.355 e. The molecule has 0 bridgehead atoms. The summed E-state index contributed by atoms with van der Waals surface area (Å²) in [5.41, 5.74) is 3.11. The highest BCUT2D eigenvalue weighted by Crippen LogP contribution is 2.22. The second kappa shape index (κ2) is 10.7. The molecule has 9 heteroatoms. The van der Waals surface area contributed by atoms with Gasteiger partial charge < -0.3 is 5.32 Å². The normalized spacial score (nSPS) is 17.3. The van der Waals surface area contributed by atoms with Crippen LogP contribution in [0, 0.1) is 0 Å². The minimum atomic E-state index is -3.66. The first-order chi connectivity index (χ1) is 16.0. The van der Waals surface area contributed by atoms with Crippen LogP contribution in [0.3, 0.4) is 0 Å². The Hall–Kier alpha value is -3.01. The van der Waals surface area contributed by atoms with Crippen molar-refractivity contribution >= 4 is 15.9 Å². The van der Waals surface area contributed by atoms with Gasteiger partial charge in [-0.05, 0) is 30.7 Å². The minimum absolute atomic E-state index is 0.140. The van der Waals surface area contributed by atoms with Gasteiger partial charge in [0.1, 0.15) is 0 Å². The lowest BCUT2D eigenvalue weighted by Crippen LogP contribution is -2.36. The number of benzene rings is 2. The van der Waals surface area contributed by atoms with Gasteiger partial charge in [-0.1, -0.05) is 48.5 Å². The summed E-state index contributed by atoms with van der Waals surface area (Å²) in [4.78, 5) is 14.8. The van der Waals surface area contributed by atoms with Crippen LogP contribution in [0.4, 0.5) is 0 Å². The fourth-order valence-corrected chi connectivity index (χ4v) is 5.53. The predicted molar refractivity (Wildman–Crippen MR) is 127 cm³/mol. The predicted octanol–water partition coefficient (Wildman–Crippen LogP) is 2.48. The number of H-pyrrole nitrogens is 1. The van der Waals surface area contributed by atoms with Crippen LogP contribution in [0.1, 0.15) is 18.4 Å². The smallest absolute Gasteiger partial charge is 0.243 e. The molecule has 4 rings (SSSR count). The molecule has 3 aromatic rings. The van der Waals surface area contributed by atoms with Gasteiger partial charge >= 0.3 is 0 Å². The van der Waals surface area contributed by atoms with Crippen LogP contribution >= 0.6 is 0 Å². The van der Waals surface area contributed by atoms with Crippen molar-refractivity contribution in [2.24, 2.45) is 0 Å². The Labute approximate surface area is 194 Å². The zero-order chi connectivity index (χ0) is 23.1. The van der Waals surface area contributed by atoms with E-state index in [-0.39, 0.29) is 23.8 Å². The van der Waals surface area contributed by atoms with Crippen LogP contribution in [0.2, 0.25) is 0 Å². The Kier molecular flexibility index (Phi) is 7.54. The molecule has 1 fully saturated rings. The number of carbonyl (C=O) groups excluding carboxylic acids is 1. The van der Waals surface area contributed by atoms with Crippen LogP contribution in [0.5, 0.6) is 0 Å². The molecule has 1 aliphatic rings. The van der Waals surface area contributed by atoms with Gasteiger partial charge in [0, 0.05) is 44.7 Å². The highest BCUT2D eigenvalue weighted by molar-refractivity contribution is 7.89. The molecule has 0 aliphatic carbocycles. The van der Waals surface area contributed by atoms with Crippen molar-refractivity contribution in [1.29, 1.82) is 0 Å². The summed E-state index contributed by atoms with van der Waals surface area (Å²) in [6, 6.07) is 18.4. The molecule has 0 atom stereocenters. The molecular weight excluding hydrogens is 438 g/mol. The molecule has 174 valence electrons. The fourth-order valence-electron chi connectivity index (χ4n) is 4.03. The maximum Gasteiger partial charge on any atom is 0.243 e. The fraction of sp³-hybridized carbons (Fsp3) is 0.333. The minimum Gasteiger partial charge on any atom is -0.355 e. The van der Waals surface area contributed by atoms with E-state index in [0.29, 0.717) is 39.1 Å². The summed E-state index contributed by atoms with van der Waals surface area (Å²) < 4.78 is 27.7. The Morgan fingerprint density at radius 1 is 0.909 bits per heavy atom. The number of nitrogens with one attached hydrogen (secondary N) is 2. The van der Waals surface area contributed by atoms with E-state index < -0.39 is 10.0 Å². The van der Waals surface area contributed by atoms with E-state index in [1.54, 1.807) is 30.3 Å². The number of hydrogen-bond acceptors (Lipinski definition) is 5. The maximum atomic E-state index is 13.2. The van der Waals surface area contributed by atoms with Crippen molar-refractivity contribution in [1.82, 2.24) is 24.7 Å². The zero-order valence-corrected chi connectivity index (χ0v) is 19.3. The van der Waals surface area contributed by atoms with E-state index in [1.807, 2.05) is 36.5 Å². The third kappa shape index (κ3) is 5.87. The van der Waals surface area contributed by atoms with Crippen molar-refractivity contribution in [3.8, 4) is 11.3 Å². The van der Waals surface area contributed by atoms with Crippen LogP contribution in [-0.2, 0) is 21.4 Å². The van der Waals surface area contributed by atoms with Gasteiger partial charge in [0.2, 0.25) is 15.9 Å². The molecule has 2 aromatic carbocycles. The molecule has 0 radical (unpaired) electrons. The van der Waals surface area contributed by atoms with E-state index >= 15 is 0 Å². The molecule has 1 aliphatic heterocycles. The van der Waals surface area contributed by atoms with Gasteiger partial charge in [0.25, 0.3) is 0 Å². The Morgan fingerprint density at radius 3 is 2.39 bits per heavy atom.